The van der Waals surface area contributed by atoms with Crippen LogP contribution in [0.4, 0.5) is 0 Å². The summed E-state index contributed by atoms with van der Waals surface area (Å²) in [4.78, 5) is 48.6. The molecule has 1 aliphatic carbocycles. The van der Waals surface area contributed by atoms with Crippen LogP contribution in [0.3, 0.4) is 0 Å². The zero-order valence-electron chi connectivity index (χ0n) is 22.1. The minimum absolute atomic E-state index is 0.0498. The number of pyridine rings is 1. The average molecular weight is 554 g/mol. The van der Waals surface area contributed by atoms with Crippen molar-refractivity contribution in [3.05, 3.63) is 77.7 Å². The molecule has 1 saturated heterocycles. The van der Waals surface area contributed by atoms with Crippen LogP contribution in [0.2, 0.25) is 0 Å². The monoisotopic (exact) mass is 553 g/mol. The number of carboxylic acid groups (broad SMARTS) is 1. The number of likely N-dealkylation sites (tertiary alicyclic amines) is 1. The molecule has 41 heavy (non-hydrogen) atoms. The number of carboxylic acids is 1. The number of Topliss-reactive ketones (excluding diaryl/α,β-unsaturated/α-hetero) is 1. The Balaban J connectivity index is 1.09. The van der Waals surface area contributed by atoms with E-state index < -0.39 is 11.6 Å². The highest BCUT2D eigenvalue weighted by Gasteiger charge is 2.44. The molecular weight excluding hydrogens is 526 g/mol. The van der Waals surface area contributed by atoms with Gasteiger partial charge < -0.3 is 24.2 Å². The van der Waals surface area contributed by atoms with E-state index in [4.69, 9.17) is 4.74 Å². The smallest absolute Gasteiger partial charge is 0.337 e. The third-order valence-corrected chi connectivity index (χ3v) is 8.46. The highest BCUT2D eigenvalue weighted by atomic mass is 17.1. The van der Waals surface area contributed by atoms with Crippen LogP contribution < -0.4 is 9.62 Å². The zero-order valence-corrected chi connectivity index (χ0v) is 22.1. The second-order valence-corrected chi connectivity index (χ2v) is 11.1. The molecule has 2 aromatic heterocycles. The first kappa shape index (κ1) is 25.3. The van der Waals surface area contributed by atoms with Crippen molar-refractivity contribution in [3.63, 3.8) is 0 Å². The number of aromatic nitrogens is 2. The zero-order chi connectivity index (χ0) is 28.3. The molecule has 0 atom stereocenters. The molecule has 3 aliphatic rings. The van der Waals surface area contributed by atoms with E-state index in [0.717, 1.165) is 23.7 Å². The molecule has 4 aromatic rings. The van der Waals surface area contributed by atoms with E-state index in [1.807, 2.05) is 18.3 Å². The van der Waals surface area contributed by atoms with Gasteiger partial charge in [0.2, 0.25) is 0 Å². The van der Waals surface area contributed by atoms with E-state index in [2.05, 4.69) is 14.4 Å². The number of hydrogen-bond acceptors (Lipinski definition) is 7. The number of rotatable bonds is 5. The summed E-state index contributed by atoms with van der Waals surface area (Å²) in [7, 11) is 0. The molecule has 7 rings (SSSR count). The third kappa shape index (κ3) is 4.40. The van der Waals surface area contributed by atoms with Crippen molar-refractivity contribution in [1.82, 2.24) is 14.5 Å². The van der Waals surface area contributed by atoms with Crippen LogP contribution in [0.25, 0.3) is 22.0 Å². The van der Waals surface area contributed by atoms with Crippen molar-refractivity contribution in [3.8, 4) is 22.6 Å². The Bertz CT molecular complexity index is 1730. The molecule has 208 valence electrons. The predicted molar refractivity (Wildman–Crippen MR) is 148 cm³/mol. The lowest BCUT2D eigenvalue weighted by molar-refractivity contribution is -0.136. The second kappa shape index (κ2) is 9.45. The van der Waals surface area contributed by atoms with Crippen molar-refractivity contribution in [2.24, 2.45) is 0 Å². The topological polar surface area (TPSA) is 131 Å². The molecule has 1 amide bonds. The molecule has 10 nitrogen and oxygen atoms in total. The number of ether oxygens (including phenoxy) is 1. The molecule has 10 heteroatoms. The summed E-state index contributed by atoms with van der Waals surface area (Å²) in [6, 6.07) is 12.5. The van der Waals surface area contributed by atoms with Crippen LogP contribution in [-0.2, 0) is 0 Å². The molecule has 1 saturated carbocycles. The Morgan fingerprint density at radius 3 is 2.54 bits per heavy atom. The number of benzene rings is 2. The quantitative estimate of drug-likeness (QED) is 0.254. The first-order valence-electron chi connectivity index (χ1n) is 13.6. The number of amides is 1. The Morgan fingerprint density at radius 1 is 1.00 bits per heavy atom. The molecular formula is C31H27N3O7. The van der Waals surface area contributed by atoms with Gasteiger partial charge in [-0.3, -0.25) is 14.6 Å². The molecule has 1 spiro atoms. The molecule has 2 aromatic carbocycles. The van der Waals surface area contributed by atoms with Gasteiger partial charge >= 0.3 is 5.97 Å². The minimum atomic E-state index is -1.07. The number of carbonyl (C=O) groups excluding carboxylic acids is 2. The maximum atomic E-state index is 13.5. The Kier molecular flexibility index (Phi) is 5.83. The Labute approximate surface area is 234 Å². The van der Waals surface area contributed by atoms with Crippen molar-refractivity contribution in [1.29, 1.82) is 0 Å². The molecule has 0 unspecified atom stereocenters. The number of ketones is 1. The van der Waals surface area contributed by atoms with Gasteiger partial charge in [0.25, 0.3) is 5.91 Å². The van der Waals surface area contributed by atoms with Crippen LogP contribution >= 0.6 is 0 Å². The van der Waals surface area contributed by atoms with Crippen molar-refractivity contribution in [2.45, 2.75) is 43.7 Å². The van der Waals surface area contributed by atoms with Crippen molar-refractivity contribution >= 4 is 28.6 Å². The van der Waals surface area contributed by atoms with Gasteiger partial charge in [-0.2, -0.15) is 0 Å². The fraction of sp³-hybridized carbons (Fsp3) is 0.290. The van der Waals surface area contributed by atoms with E-state index in [0.29, 0.717) is 60.0 Å². The van der Waals surface area contributed by atoms with Crippen LogP contribution in [0.5, 0.6) is 11.5 Å². The first-order chi connectivity index (χ1) is 19.8. The van der Waals surface area contributed by atoms with Gasteiger partial charge in [0.05, 0.1) is 23.1 Å². The normalized spacial score (nSPS) is 17.8. The highest BCUT2D eigenvalue weighted by Crippen LogP contribution is 2.42. The van der Waals surface area contributed by atoms with Crippen LogP contribution in [0.15, 0.2) is 61.1 Å². The number of fused-ring (bicyclic) bond motifs is 2. The maximum Gasteiger partial charge on any atom is 0.337 e. The van der Waals surface area contributed by atoms with Gasteiger partial charge in [-0.05, 0) is 54.8 Å². The van der Waals surface area contributed by atoms with E-state index in [1.54, 1.807) is 35.4 Å². The Hall–Kier alpha value is -4.70. The summed E-state index contributed by atoms with van der Waals surface area (Å²) in [5, 5.41) is 19.5. The van der Waals surface area contributed by atoms with E-state index in [1.165, 1.54) is 12.3 Å². The minimum Gasteiger partial charge on any atom is -0.486 e. The number of piperidine rings is 1. The number of aromatic carboxylic acids is 1. The lowest BCUT2D eigenvalue weighted by Gasteiger charge is -2.44. The summed E-state index contributed by atoms with van der Waals surface area (Å²) >= 11 is 0. The highest BCUT2D eigenvalue weighted by molar-refractivity contribution is 6.02. The van der Waals surface area contributed by atoms with Crippen LogP contribution in [0, 0.1) is 0 Å². The molecule has 2 fully saturated rings. The summed E-state index contributed by atoms with van der Waals surface area (Å²) in [6.07, 6.45) is 8.18. The maximum absolute atomic E-state index is 13.5. The van der Waals surface area contributed by atoms with E-state index in [9.17, 15) is 24.7 Å². The molecule has 0 radical (unpaired) electrons. The predicted octanol–water partition coefficient (Wildman–Crippen LogP) is 5.23. The summed E-state index contributed by atoms with van der Waals surface area (Å²) in [5.74, 6) is -0.539. The fourth-order valence-electron chi connectivity index (χ4n) is 6.07. The lowest BCUT2D eigenvalue weighted by atomic mass is 9.82. The van der Waals surface area contributed by atoms with Gasteiger partial charge in [0, 0.05) is 67.1 Å². The summed E-state index contributed by atoms with van der Waals surface area (Å²) in [5.41, 5.74) is 2.41. The second-order valence-electron chi connectivity index (χ2n) is 11.1. The van der Waals surface area contributed by atoms with Gasteiger partial charge in [0.1, 0.15) is 11.4 Å². The first-order valence-corrected chi connectivity index (χ1v) is 13.6. The summed E-state index contributed by atoms with van der Waals surface area (Å²) < 4.78 is 8.55. The van der Waals surface area contributed by atoms with Crippen molar-refractivity contribution in [2.75, 3.05) is 13.1 Å². The number of hydrogen-bond donors (Lipinski definition) is 2. The van der Waals surface area contributed by atoms with Crippen molar-refractivity contribution < 1.29 is 34.4 Å². The largest absolute Gasteiger partial charge is 0.486 e. The standard InChI is InChI=1S/C31H27N3O7/c35-26-15-31(40-27-4-1-18(12-24(26)27)20-11-21(30(37)38)17-32-16-20)6-9-33(10-7-31)29(36)19-13-25-23(28(14-19)41-39)5-8-34(25)22-2-3-22/h1,4-5,8,11-14,16-17,22,39H,2-3,6-7,9-10,15H2,(H,37,38). The molecule has 2 aliphatic heterocycles. The Morgan fingerprint density at radius 2 is 1.80 bits per heavy atom. The lowest BCUT2D eigenvalue weighted by Crippen LogP contribution is -2.52. The van der Waals surface area contributed by atoms with E-state index >= 15 is 0 Å². The van der Waals surface area contributed by atoms with Gasteiger partial charge in [0.15, 0.2) is 11.5 Å². The van der Waals surface area contributed by atoms with Gasteiger partial charge in [-0.15, -0.1) is 0 Å². The third-order valence-electron chi connectivity index (χ3n) is 8.46. The van der Waals surface area contributed by atoms with Crippen LogP contribution in [-0.4, -0.2) is 61.2 Å². The summed E-state index contributed by atoms with van der Waals surface area (Å²) in [6.45, 7) is 0.842. The average Bonchev–Trinajstić information content (AvgIpc) is 3.74. The van der Waals surface area contributed by atoms with Gasteiger partial charge in [-0.25, -0.2) is 10.1 Å². The van der Waals surface area contributed by atoms with Gasteiger partial charge in [-0.1, -0.05) is 6.07 Å². The van der Waals surface area contributed by atoms with Crippen LogP contribution in [0.1, 0.15) is 69.2 Å². The molecule has 2 N–H and O–H groups in total. The fourth-order valence-corrected chi connectivity index (χ4v) is 6.07. The SMILES string of the molecule is O=C(O)c1cncc(-c2ccc3c(c2)C(=O)CC2(CCN(C(=O)c4cc(OO)c5ccn(C6CC6)c5c4)CC2)O3)c1. The van der Waals surface area contributed by atoms with E-state index in [-0.39, 0.29) is 29.4 Å². The molecule has 4 heterocycles. The molecule has 0 bridgehead atoms. The number of carbonyl (C=O) groups is 3. The number of nitrogens with zero attached hydrogens (tertiary/aromatic N) is 3.